The van der Waals surface area contributed by atoms with E-state index in [1.165, 1.54) is 12.1 Å². The Balaban J connectivity index is 2.87. The highest BCUT2D eigenvalue weighted by Crippen LogP contribution is 2.16. The van der Waals surface area contributed by atoms with Crippen molar-refractivity contribution in [1.82, 2.24) is 0 Å². The number of oxime groups is 1. The number of hydrogen-bond donors (Lipinski definition) is 3. The molecule has 1 atom stereocenters. The monoisotopic (exact) mass is 267 g/mol. The molecule has 1 rings (SSSR count). The van der Waals surface area contributed by atoms with Crippen LogP contribution in [0.25, 0.3) is 0 Å². The molecule has 0 fully saturated rings. The summed E-state index contributed by atoms with van der Waals surface area (Å²) in [5.74, 6) is -1.71. The molecule has 19 heavy (non-hydrogen) atoms. The lowest BCUT2D eigenvalue weighted by molar-refractivity contribution is -0.118. The fourth-order valence-electron chi connectivity index (χ4n) is 1.81. The molecule has 0 aliphatic rings. The third-order valence-corrected chi connectivity index (χ3v) is 2.68. The van der Waals surface area contributed by atoms with Crippen molar-refractivity contribution in [1.29, 1.82) is 0 Å². The van der Waals surface area contributed by atoms with Crippen LogP contribution in [0.5, 0.6) is 0 Å². The van der Waals surface area contributed by atoms with Crippen LogP contribution in [0.4, 0.5) is 10.1 Å². The van der Waals surface area contributed by atoms with Gasteiger partial charge in [-0.2, -0.15) is 0 Å². The first-order valence-electron chi connectivity index (χ1n) is 6.03. The smallest absolute Gasteiger partial charge is 0.235 e. The summed E-state index contributed by atoms with van der Waals surface area (Å²) in [6, 6.07) is 4.24. The molecule has 0 aliphatic heterocycles. The van der Waals surface area contributed by atoms with Crippen LogP contribution in [0.1, 0.15) is 25.3 Å². The van der Waals surface area contributed by atoms with Gasteiger partial charge >= 0.3 is 0 Å². The van der Waals surface area contributed by atoms with Crippen molar-refractivity contribution < 1.29 is 14.4 Å². The summed E-state index contributed by atoms with van der Waals surface area (Å²) in [6.07, 6.45) is 1.16. The zero-order valence-corrected chi connectivity index (χ0v) is 11.0. The molecular formula is C13H18FN3O2. The maximum atomic E-state index is 13.2. The van der Waals surface area contributed by atoms with E-state index >= 15 is 0 Å². The van der Waals surface area contributed by atoms with Crippen molar-refractivity contribution in [3.8, 4) is 0 Å². The van der Waals surface area contributed by atoms with Gasteiger partial charge in [0.2, 0.25) is 5.91 Å². The molecule has 0 heterocycles. The van der Waals surface area contributed by atoms with Gasteiger partial charge in [0.25, 0.3) is 0 Å². The zero-order valence-electron chi connectivity index (χ0n) is 11.0. The van der Waals surface area contributed by atoms with Crippen molar-refractivity contribution >= 4 is 17.4 Å². The molecule has 5 nitrogen and oxygen atoms in total. The van der Waals surface area contributed by atoms with Crippen molar-refractivity contribution in [2.45, 2.75) is 26.7 Å². The molecule has 4 N–H and O–H groups in total. The average Bonchev–Trinajstić information content (AvgIpc) is 2.33. The van der Waals surface area contributed by atoms with Crippen molar-refractivity contribution in [2.75, 3.05) is 5.32 Å². The number of benzene rings is 1. The Hall–Kier alpha value is -2.11. The number of amidine groups is 1. The van der Waals surface area contributed by atoms with E-state index < -0.39 is 17.6 Å². The Morgan fingerprint density at radius 2 is 2.21 bits per heavy atom. The molecule has 1 aromatic carbocycles. The van der Waals surface area contributed by atoms with Gasteiger partial charge in [0.15, 0.2) is 5.84 Å². The number of carbonyl (C=O) groups excluding carboxylic acids is 1. The number of hydrogen-bond acceptors (Lipinski definition) is 3. The second-order valence-corrected chi connectivity index (χ2v) is 4.37. The Morgan fingerprint density at radius 3 is 2.74 bits per heavy atom. The lowest BCUT2D eigenvalue weighted by Crippen LogP contribution is -2.34. The number of halogens is 1. The van der Waals surface area contributed by atoms with Gasteiger partial charge in [-0.05, 0) is 37.1 Å². The molecule has 1 unspecified atom stereocenters. The first-order valence-corrected chi connectivity index (χ1v) is 6.03. The second-order valence-electron chi connectivity index (χ2n) is 4.37. The van der Waals surface area contributed by atoms with E-state index in [1.54, 1.807) is 13.0 Å². The predicted molar refractivity (Wildman–Crippen MR) is 71.6 cm³/mol. The van der Waals surface area contributed by atoms with Crippen LogP contribution in [-0.2, 0) is 4.79 Å². The fraction of sp³-hybridized carbons (Fsp3) is 0.385. The largest absolute Gasteiger partial charge is 0.409 e. The molecule has 0 radical (unpaired) electrons. The SMILES string of the molecule is CCCC(C(=O)Nc1cc(C)cc(F)c1)C(N)=NO. The van der Waals surface area contributed by atoms with Gasteiger partial charge in [0.1, 0.15) is 5.82 Å². The van der Waals surface area contributed by atoms with E-state index in [0.29, 0.717) is 24.1 Å². The van der Waals surface area contributed by atoms with Crippen LogP contribution >= 0.6 is 0 Å². The maximum absolute atomic E-state index is 13.2. The van der Waals surface area contributed by atoms with Gasteiger partial charge in [-0.15, -0.1) is 0 Å². The van der Waals surface area contributed by atoms with Gasteiger partial charge in [0, 0.05) is 5.69 Å². The minimum absolute atomic E-state index is 0.146. The van der Waals surface area contributed by atoms with Gasteiger partial charge in [-0.1, -0.05) is 18.5 Å². The molecule has 104 valence electrons. The number of aryl methyl sites for hydroxylation is 1. The van der Waals surface area contributed by atoms with Gasteiger partial charge in [0.05, 0.1) is 5.92 Å². The van der Waals surface area contributed by atoms with Gasteiger partial charge in [-0.3, -0.25) is 4.79 Å². The summed E-state index contributed by atoms with van der Waals surface area (Å²) in [5.41, 5.74) is 6.54. The van der Waals surface area contributed by atoms with Gasteiger partial charge in [-0.25, -0.2) is 4.39 Å². The van der Waals surface area contributed by atoms with Crippen LogP contribution in [0.2, 0.25) is 0 Å². The summed E-state index contributed by atoms with van der Waals surface area (Å²) in [4.78, 5) is 12.0. The van der Waals surface area contributed by atoms with Crippen molar-refractivity contribution in [3.05, 3.63) is 29.6 Å². The summed E-state index contributed by atoms with van der Waals surface area (Å²) in [7, 11) is 0. The number of carbonyl (C=O) groups is 1. The first-order chi connectivity index (χ1) is 8.97. The lowest BCUT2D eigenvalue weighted by Gasteiger charge is -2.15. The van der Waals surface area contributed by atoms with E-state index in [4.69, 9.17) is 10.9 Å². The Bertz CT molecular complexity index is 469. The summed E-state index contributed by atoms with van der Waals surface area (Å²) < 4.78 is 13.2. The number of nitrogens with two attached hydrogens (primary N) is 1. The van der Waals surface area contributed by atoms with E-state index in [-0.39, 0.29) is 5.84 Å². The summed E-state index contributed by atoms with van der Waals surface area (Å²) in [5, 5.41) is 14.1. The average molecular weight is 267 g/mol. The molecule has 6 heteroatoms. The standard InChI is InChI=1S/C13H18FN3O2/c1-3-4-11(12(15)17-19)13(18)16-10-6-8(2)5-9(14)7-10/h5-7,11,19H,3-4H2,1-2H3,(H2,15,17)(H,16,18). The van der Waals surface area contributed by atoms with Crippen LogP contribution in [0.3, 0.4) is 0 Å². The topological polar surface area (TPSA) is 87.7 Å². The molecule has 1 aromatic rings. The highest BCUT2D eigenvalue weighted by molar-refractivity contribution is 6.07. The van der Waals surface area contributed by atoms with E-state index in [0.717, 1.165) is 0 Å². The number of anilines is 1. The first kappa shape index (κ1) is 14.9. The molecule has 0 aliphatic carbocycles. The highest BCUT2D eigenvalue weighted by Gasteiger charge is 2.22. The second kappa shape index (κ2) is 6.72. The van der Waals surface area contributed by atoms with Crippen molar-refractivity contribution in [3.63, 3.8) is 0 Å². The van der Waals surface area contributed by atoms with Crippen molar-refractivity contribution in [2.24, 2.45) is 16.8 Å². The Kier molecular flexibility index (Phi) is 5.29. The Morgan fingerprint density at radius 1 is 1.53 bits per heavy atom. The van der Waals surface area contributed by atoms with Gasteiger partial charge < -0.3 is 16.3 Å². The molecule has 0 spiro atoms. The number of nitrogens with one attached hydrogen (secondary N) is 1. The number of amides is 1. The number of rotatable bonds is 5. The van der Waals surface area contributed by atoms with Crippen LogP contribution in [0.15, 0.2) is 23.4 Å². The third-order valence-electron chi connectivity index (χ3n) is 2.68. The molecule has 0 saturated carbocycles. The van der Waals surface area contributed by atoms with E-state index in [9.17, 15) is 9.18 Å². The normalized spacial score (nSPS) is 13.1. The minimum atomic E-state index is -0.724. The van der Waals surface area contributed by atoms with Crippen LogP contribution in [-0.4, -0.2) is 17.0 Å². The molecule has 0 bridgehead atoms. The summed E-state index contributed by atoms with van der Waals surface area (Å²) in [6.45, 7) is 3.61. The third kappa shape index (κ3) is 4.24. The van der Waals surface area contributed by atoms with Crippen LogP contribution in [0, 0.1) is 18.7 Å². The van der Waals surface area contributed by atoms with Crippen LogP contribution < -0.4 is 11.1 Å². The zero-order chi connectivity index (χ0) is 14.4. The highest BCUT2D eigenvalue weighted by atomic mass is 19.1. The maximum Gasteiger partial charge on any atom is 0.235 e. The Labute approximate surface area is 111 Å². The van der Waals surface area contributed by atoms with E-state index in [1.807, 2.05) is 6.92 Å². The lowest BCUT2D eigenvalue weighted by atomic mass is 10.0. The predicted octanol–water partition coefficient (Wildman–Crippen LogP) is 2.24. The number of nitrogens with zero attached hydrogens (tertiary/aromatic N) is 1. The fourth-order valence-corrected chi connectivity index (χ4v) is 1.81. The molecule has 0 aromatic heterocycles. The molecule has 1 amide bonds. The minimum Gasteiger partial charge on any atom is -0.409 e. The molecule has 0 saturated heterocycles. The summed E-state index contributed by atoms with van der Waals surface area (Å²) >= 11 is 0. The van der Waals surface area contributed by atoms with E-state index in [2.05, 4.69) is 10.5 Å². The molecular weight excluding hydrogens is 249 g/mol. The quantitative estimate of drug-likeness (QED) is 0.331.